The van der Waals surface area contributed by atoms with Gasteiger partial charge in [-0.05, 0) is 62.4 Å². The molecule has 2 saturated heterocycles. The first-order chi connectivity index (χ1) is 14.7. The maximum absolute atomic E-state index is 6.32. The SMILES string of the molecule is CN=C(NCC1CCCN(C)C1c1cccs1)NC1CCN(c2ncccc2Cl)C1. The van der Waals surface area contributed by atoms with Gasteiger partial charge in [-0.3, -0.25) is 9.89 Å². The number of likely N-dealkylation sites (tertiary alicyclic amines) is 1. The van der Waals surface area contributed by atoms with Gasteiger partial charge in [-0.25, -0.2) is 4.98 Å². The van der Waals surface area contributed by atoms with E-state index in [1.54, 1.807) is 6.20 Å². The molecule has 6 nitrogen and oxygen atoms in total. The highest BCUT2D eigenvalue weighted by molar-refractivity contribution is 7.10. The van der Waals surface area contributed by atoms with Gasteiger partial charge < -0.3 is 15.5 Å². The second-order valence-corrected chi connectivity index (χ2v) is 9.57. The van der Waals surface area contributed by atoms with E-state index in [0.717, 1.165) is 37.8 Å². The predicted molar refractivity (Wildman–Crippen MR) is 127 cm³/mol. The third-order valence-electron chi connectivity index (χ3n) is 6.16. The number of thiophene rings is 1. The summed E-state index contributed by atoms with van der Waals surface area (Å²) in [4.78, 5) is 15.1. The van der Waals surface area contributed by atoms with E-state index in [9.17, 15) is 0 Å². The molecule has 2 fully saturated rings. The molecule has 0 aliphatic carbocycles. The molecule has 0 spiro atoms. The third kappa shape index (κ3) is 4.90. The summed E-state index contributed by atoms with van der Waals surface area (Å²) in [5, 5.41) is 10.1. The summed E-state index contributed by atoms with van der Waals surface area (Å²) in [6, 6.07) is 9.01. The summed E-state index contributed by atoms with van der Waals surface area (Å²) in [5.74, 6) is 2.33. The lowest BCUT2D eigenvalue weighted by atomic mass is 9.88. The van der Waals surface area contributed by atoms with Crippen molar-refractivity contribution in [1.29, 1.82) is 0 Å². The second kappa shape index (κ2) is 9.98. The van der Waals surface area contributed by atoms with E-state index in [2.05, 4.69) is 55.0 Å². The highest BCUT2D eigenvalue weighted by Gasteiger charge is 2.31. The van der Waals surface area contributed by atoms with Crippen LogP contribution in [-0.4, -0.2) is 62.2 Å². The van der Waals surface area contributed by atoms with E-state index >= 15 is 0 Å². The molecule has 2 N–H and O–H groups in total. The van der Waals surface area contributed by atoms with Crippen LogP contribution in [0.25, 0.3) is 0 Å². The van der Waals surface area contributed by atoms with E-state index in [0.29, 0.717) is 23.0 Å². The number of guanidine groups is 1. The molecule has 0 saturated carbocycles. The number of aliphatic imine (C=N–C) groups is 1. The highest BCUT2D eigenvalue weighted by atomic mass is 35.5. The van der Waals surface area contributed by atoms with Crippen molar-refractivity contribution in [2.45, 2.75) is 31.3 Å². The molecule has 0 amide bonds. The molecule has 2 aromatic heterocycles. The Morgan fingerprint density at radius 1 is 1.30 bits per heavy atom. The summed E-state index contributed by atoms with van der Waals surface area (Å²) in [6.07, 6.45) is 5.33. The lowest BCUT2D eigenvalue weighted by molar-refractivity contribution is 0.125. The average molecular weight is 447 g/mol. The molecule has 4 heterocycles. The van der Waals surface area contributed by atoms with Crippen LogP contribution in [0.15, 0.2) is 40.8 Å². The van der Waals surface area contributed by atoms with E-state index in [1.165, 1.54) is 24.3 Å². The van der Waals surface area contributed by atoms with Crippen LogP contribution in [-0.2, 0) is 0 Å². The minimum Gasteiger partial charge on any atom is -0.356 e. The average Bonchev–Trinajstić information content (AvgIpc) is 3.44. The van der Waals surface area contributed by atoms with Crippen LogP contribution in [0.5, 0.6) is 0 Å². The van der Waals surface area contributed by atoms with Crippen molar-refractivity contribution in [2.24, 2.45) is 10.9 Å². The maximum atomic E-state index is 6.32. The fourth-order valence-electron chi connectivity index (χ4n) is 4.68. The van der Waals surface area contributed by atoms with Gasteiger partial charge in [0.05, 0.1) is 5.02 Å². The Hall–Kier alpha value is -1.83. The second-order valence-electron chi connectivity index (χ2n) is 8.18. The van der Waals surface area contributed by atoms with Crippen LogP contribution >= 0.6 is 22.9 Å². The van der Waals surface area contributed by atoms with Crippen LogP contribution in [0.3, 0.4) is 0 Å². The Morgan fingerprint density at radius 2 is 2.20 bits per heavy atom. The predicted octanol–water partition coefficient (Wildman–Crippen LogP) is 3.62. The first-order valence-corrected chi connectivity index (χ1v) is 12.0. The number of rotatable bonds is 5. The van der Waals surface area contributed by atoms with Gasteiger partial charge in [-0.2, -0.15) is 0 Å². The number of nitrogens with zero attached hydrogens (tertiary/aromatic N) is 4. The molecule has 0 bridgehead atoms. The minimum atomic E-state index is 0.330. The Bertz CT molecular complexity index is 842. The Morgan fingerprint density at radius 3 is 2.97 bits per heavy atom. The van der Waals surface area contributed by atoms with Crippen LogP contribution in [0.2, 0.25) is 5.02 Å². The van der Waals surface area contributed by atoms with Crippen molar-refractivity contribution >= 4 is 34.7 Å². The van der Waals surface area contributed by atoms with Gasteiger partial charge in [0, 0.05) is 49.8 Å². The summed E-state index contributed by atoms with van der Waals surface area (Å²) in [5.41, 5.74) is 0. The van der Waals surface area contributed by atoms with Gasteiger partial charge in [0.1, 0.15) is 5.82 Å². The van der Waals surface area contributed by atoms with Gasteiger partial charge in [0.2, 0.25) is 0 Å². The van der Waals surface area contributed by atoms with Gasteiger partial charge in [-0.15, -0.1) is 11.3 Å². The zero-order chi connectivity index (χ0) is 20.9. The van der Waals surface area contributed by atoms with Gasteiger partial charge in [0.25, 0.3) is 0 Å². The van der Waals surface area contributed by atoms with E-state index in [1.807, 2.05) is 30.5 Å². The number of hydrogen-bond donors (Lipinski definition) is 2. The molecule has 2 aromatic rings. The zero-order valence-electron chi connectivity index (χ0n) is 17.7. The highest BCUT2D eigenvalue weighted by Crippen LogP contribution is 2.36. The largest absolute Gasteiger partial charge is 0.356 e. The van der Waals surface area contributed by atoms with Gasteiger partial charge in [-0.1, -0.05) is 17.7 Å². The Kier molecular flexibility index (Phi) is 7.12. The molecule has 2 aliphatic heterocycles. The molecule has 2 aliphatic rings. The summed E-state index contributed by atoms with van der Waals surface area (Å²) < 4.78 is 0. The molecule has 0 aromatic carbocycles. The van der Waals surface area contributed by atoms with Crippen LogP contribution in [0.4, 0.5) is 5.82 Å². The Balaban J connectivity index is 1.32. The summed E-state index contributed by atoms with van der Waals surface area (Å²) >= 11 is 8.19. The first kappa shape index (κ1) is 21.4. The summed E-state index contributed by atoms with van der Waals surface area (Å²) in [6.45, 7) is 3.91. The van der Waals surface area contributed by atoms with Crippen molar-refractivity contribution in [1.82, 2.24) is 20.5 Å². The fourth-order valence-corrected chi connectivity index (χ4v) is 5.90. The minimum absolute atomic E-state index is 0.330. The lowest BCUT2D eigenvalue weighted by Crippen LogP contribution is -2.48. The van der Waals surface area contributed by atoms with Crippen LogP contribution in [0.1, 0.15) is 30.2 Å². The van der Waals surface area contributed by atoms with Crippen LogP contribution < -0.4 is 15.5 Å². The third-order valence-corrected chi connectivity index (χ3v) is 7.40. The number of piperidine rings is 1. The lowest BCUT2D eigenvalue weighted by Gasteiger charge is -2.39. The monoisotopic (exact) mass is 446 g/mol. The number of hydrogen-bond acceptors (Lipinski definition) is 5. The van der Waals surface area contributed by atoms with E-state index in [4.69, 9.17) is 11.6 Å². The number of halogens is 1. The molecule has 30 heavy (non-hydrogen) atoms. The maximum Gasteiger partial charge on any atom is 0.191 e. The first-order valence-electron chi connectivity index (χ1n) is 10.7. The molecule has 3 unspecified atom stereocenters. The number of nitrogens with one attached hydrogen (secondary N) is 2. The number of aromatic nitrogens is 1. The molecule has 8 heteroatoms. The molecular formula is C22H31ClN6S. The number of pyridine rings is 1. The van der Waals surface area contributed by atoms with Crippen molar-refractivity contribution < 1.29 is 0 Å². The fraction of sp³-hybridized carbons (Fsp3) is 0.545. The Labute approximate surface area is 188 Å². The van der Waals surface area contributed by atoms with E-state index in [-0.39, 0.29) is 0 Å². The number of anilines is 1. The molecule has 4 rings (SSSR count). The molecule has 162 valence electrons. The molecular weight excluding hydrogens is 416 g/mol. The van der Waals surface area contributed by atoms with E-state index < -0.39 is 0 Å². The standard InChI is InChI=1S/C22H31ClN6S/c1-24-22(27-17-9-12-29(15-17)21-18(23)7-3-10-25-21)26-14-16-6-4-11-28(2)20(16)19-8-5-13-30-19/h3,5,7-8,10,13,16-17,20H,4,6,9,11-12,14-15H2,1-2H3,(H2,24,26,27). The topological polar surface area (TPSA) is 55.8 Å². The van der Waals surface area contributed by atoms with Crippen molar-refractivity contribution in [2.75, 3.05) is 45.2 Å². The van der Waals surface area contributed by atoms with Crippen molar-refractivity contribution in [3.05, 3.63) is 45.7 Å². The molecule has 0 radical (unpaired) electrons. The van der Waals surface area contributed by atoms with Crippen molar-refractivity contribution in [3.8, 4) is 0 Å². The zero-order valence-corrected chi connectivity index (χ0v) is 19.3. The quantitative estimate of drug-likeness (QED) is 0.542. The van der Waals surface area contributed by atoms with Gasteiger partial charge >= 0.3 is 0 Å². The smallest absolute Gasteiger partial charge is 0.191 e. The summed E-state index contributed by atoms with van der Waals surface area (Å²) in [7, 11) is 4.10. The normalized spacial score (nSPS) is 25.5. The van der Waals surface area contributed by atoms with Crippen molar-refractivity contribution in [3.63, 3.8) is 0 Å². The van der Waals surface area contributed by atoms with Crippen LogP contribution in [0, 0.1) is 5.92 Å². The molecule has 3 atom stereocenters. The van der Waals surface area contributed by atoms with Gasteiger partial charge in [0.15, 0.2) is 5.96 Å².